The topological polar surface area (TPSA) is 132 Å². The third-order valence-electron chi connectivity index (χ3n) is 7.26. The number of methoxy groups -OCH3 is 1. The molecule has 0 radical (unpaired) electrons. The zero-order valence-corrected chi connectivity index (χ0v) is 24.1. The zero-order valence-electron chi connectivity index (χ0n) is 24.1. The molecular formula is C29H32F5N5O6. The molecule has 4 N–H and O–H groups in total. The van der Waals surface area contributed by atoms with Gasteiger partial charge in [-0.15, -0.1) is 0 Å². The van der Waals surface area contributed by atoms with Crippen molar-refractivity contribution in [2.75, 3.05) is 51.4 Å². The summed E-state index contributed by atoms with van der Waals surface area (Å²) in [6.45, 7) is -0.348. The van der Waals surface area contributed by atoms with Gasteiger partial charge in [-0.1, -0.05) is 18.2 Å². The van der Waals surface area contributed by atoms with Crippen molar-refractivity contribution in [1.82, 2.24) is 20.9 Å². The van der Waals surface area contributed by atoms with E-state index < -0.39 is 54.1 Å². The van der Waals surface area contributed by atoms with E-state index >= 15 is 0 Å². The summed E-state index contributed by atoms with van der Waals surface area (Å²) in [6.07, 6.45) is -3.17. The molecule has 2 aliphatic rings. The lowest BCUT2D eigenvalue weighted by atomic mass is 9.93. The molecule has 4 amide bonds. The fourth-order valence-corrected chi connectivity index (χ4v) is 5.24. The Balaban J connectivity index is 1.36. The molecule has 2 aromatic carbocycles. The number of urea groups is 2. The predicted octanol–water partition coefficient (Wildman–Crippen LogP) is 3.93. The average Bonchev–Trinajstić information content (AvgIpc) is 2.99. The van der Waals surface area contributed by atoms with Crippen LogP contribution < -0.4 is 25.6 Å². The van der Waals surface area contributed by atoms with Gasteiger partial charge in [0.05, 0.1) is 23.6 Å². The van der Waals surface area contributed by atoms with E-state index in [-0.39, 0.29) is 42.7 Å². The van der Waals surface area contributed by atoms with Crippen molar-refractivity contribution >= 4 is 23.7 Å². The van der Waals surface area contributed by atoms with E-state index in [1.165, 1.54) is 13.2 Å². The van der Waals surface area contributed by atoms with Gasteiger partial charge in [-0.3, -0.25) is 0 Å². The fourth-order valence-electron chi connectivity index (χ4n) is 5.24. The van der Waals surface area contributed by atoms with E-state index in [9.17, 15) is 41.4 Å². The van der Waals surface area contributed by atoms with Crippen molar-refractivity contribution in [3.63, 3.8) is 0 Å². The number of aliphatic carboxylic acids is 1. The molecule has 0 bridgehead atoms. The molecule has 2 aliphatic heterocycles. The maximum absolute atomic E-state index is 14.1. The Bertz CT molecular complexity index is 1430. The minimum Gasteiger partial charge on any atom is -0.482 e. The molecule has 1 saturated heterocycles. The third kappa shape index (κ3) is 8.39. The fraction of sp³-hybridized carbons (Fsp3) is 0.414. The highest BCUT2D eigenvalue weighted by Crippen LogP contribution is 2.35. The molecule has 244 valence electrons. The first kappa shape index (κ1) is 33.5. The summed E-state index contributed by atoms with van der Waals surface area (Å²) in [7, 11) is 1.27. The first-order valence-electron chi connectivity index (χ1n) is 13.9. The van der Waals surface area contributed by atoms with Gasteiger partial charge in [-0.2, -0.15) is 13.2 Å². The van der Waals surface area contributed by atoms with Crippen LogP contribution >= 0.6 is 0 Å². The van der Waals surface area contributed by atoms with Gasteiger partial charge in [-0.05, 0) is 42.7 Å². The summed E-state index contributed by atoms with van der Waals surface area (Å²) in [5.74, 6) is -3.84. The number of carboxylic acids is 1. The van der Waals surface area contributed by atoms with Gasteiger partial charge in [0.1, 0.15) is 11.8 Å². The smallest absolute Gasteiger partial charge is 0.422 e. The SMILES string of the molecule is COCC1=C(C(=O)O)C(c2ccc(F)c(F)c2)N(C(=O)NCCNC2CCN(c3ccccc3OCC(F)(F)F)CC2)C(=O)N1. The molecule has 1 fully saturated rings. The molecule has 0 spiro atoms. The van der Waals surface area contributed by atoms with E-state index in [2.05, 4.69) is 16.0 Å². The molecule has 4 rings (SSSR count). The van der Waals surface area contributed by atoms with Crippen LogP contribution in [0.25, 0.3) is 0 Å². The number of para-hydroxylation sites is 2. The van der Waals surface area contributed by atoms with Crippen LogP contribution in [0, 0.1) is 11.6 Å². The zero-order chi connectivity index (χ0) is 32.7. The molecule has 45 heavy (non-hydrogen) atoms. The van der Waals surface area contributed by atoms with Gasteiger partial charge in [0.2, 0.25) is 0 Å². The minimum absolute atomic E-state index is 0.0211. The van der Waals surface area contributed by atoms with Crippen molar-refractivity contribution < 1.29 is 50.9 Å². The highest BCUT2D eigenvalue weighted by Gasteiger charge is 2.42. The van der Waals surface area contributed by atoms with Gasteiger partial charge >= 0.3 is 24.2 Å². The summed E-state index contributed by atoms with van der Waals surface area (Å²) in [4.78, 5) is 40.9. The molecular weight excluding hydrogens is 609 g/mol. The van der Waals surface area contributed by atoms with Crippen LogP contribution in [0.4, 0.5) is 37.2 Å². The number of benzene rings is 2. The number of nitrogens with one attached hydrogen (secondary N) is 3. The lowest BCUT2D eigenvalue weighted by Crippen LogP contribution is -2.55. The number of halogens is 5. The Morgan fingerprint density at radius 1 is 1.07 bits per heavy atom. The van der Waals surface area contributed by atoms with Gasteiger partial charge in [0, 0.05) is 39.3 Å². The largest absolute Gasteiger partial charge is 0.482 e. The highest BCUT2D eigenvalue weighted by molar-refractivity contribution is 6.01. The number of carboxylic acid groups (broad SMARTS) is 1. The van der Waals surface area contributed by atoms with Gasteiger partial charge in [0.25, 0.3) is 0 Å². The van der Waals surface area contributed by atoms with Crippen LogP contribution in [-0.2, 0) is 9.53 Å². The Labute approximate surface area is 254 Å². The number of imide groups is 1. The summed E-state index contributed by atoms with van der Waals surface area (Å²) in [5, 5.41) is 18.1. The van der Waals surface area contributed by atoms with E-state index in [0.717, 1.165) is 18.2 Å². The number of ether oxygens (including phenoxy) is 2. The van der Waals surface area contributed by atoms with Crippen molar-refractivity contribution in [1.29, 1.82) is 0 Å². The average molecular weight is 642 g/mol. The molecule has 1 unspecified atom stereocenters. The van der Waals surface area contributed by atoms with E-state index in [0.29, 0.717) is 36.5 Å². The molecule has 2 heterocycles. The number of amides is 4. The Kier molecular flexibility index (Phi) is 10.8. The first-order valence-corrected chi connectivity index (χ1v) is 13.9. The molecule has 1 atom stereocenters. The van der Waals surface area contributed by atoms with Crippen molar-refractivity contribution in [2.24, 2.45) is 0 Å². The number of rotatable bonds is 11. The quantitative estimate of drug-likeness (QED) is 0.215. The Morgan fingerprint density at radius 2 is 1.78 bits per heavy atom. The number of piperidine rings is 1. The van der Waals surface area contributed by atoms with Gasteiger partial charge in [0.15, 0.2) is 18.2 Å². The van der Waals surface area contributed by atoms with Crippen molar-refractivity contribution in [3.05, 3.63) is 70.9 Å². The molecule has 0 aliphatic carbocycles. The van der Waals surface area contributed by atoms with Crippen LogP contribution in [0.2, 0.25) is 0 Å². The number of hydrogen-bond acceptors (Lipinski definition) is 7. The Hall–Kier alpha value is -4.44. The number of hydrogen-bond donors (Lipinski definition) is 4. The molecule has 0 aromatic heterocycles. The predicted molar refractivity (Wildman–Crippen MR) is 151 cm³/mol. The van der Waals surface area contributed by atoms with E-state index in [1.54, 1.807) is 18.2 Å². The second kappa shape index (κ2) is 14.6. The minimum atomic E-state index is -4.46. The number of alkyl halides is 3. The van der Waals surface area contributed by atoms with Gasteiger partial charge < -0.3 is 35.4 Å². The molecule has 11 nitrogen and oxygen atoms in total. The second-order valence-electron chi connectivity index (χ2n) is 10.3. The Morgan fingerprint density at radius 3 is 2.42 bits per heavy atom. The molecule has 2 aromatic rings. The number of nitrogens with zero attached hydrogens (tertiary/aromatic N) is 2. The lowest BCUT2D eigenvalue weighted by molar-refractivity contribution is -0.153. The summed E-state index contributed by atoms with van der Waals surface area (Å²) < 4.78 is 75.7. The maximum Gasteiger partial charge on any atom is 0.422 e. The maximum atomic E-state index is 14.1. The molecule has 16 heteroatoms. The van der Waals surface area contributed by atoms with E-state index in [1.807, 2.05) is 4.90 Å². The summed E-state index contributed by atoms with van der Waals surface area (Å²) in [6, 6.07) is 5.56. The number of anilines is 1. The highest BCUT2D eigenvalue weighted by atomic mass is 19.4. The lowest BCUT2D eigenvalue weighted by Gasteiger charge is -2.36. The standard InChI is InChI=1S/C29H32F5N5O6/c1-44-15-21-24(26(40)41)25(17-6-7-19(30)20(31)14-17)39(28(43)37-21)27(42)36-11-10-35-18-8-12-38(13-9-18)22-4-2-3-5-23(22)45-16-29(32,33)34/h2-7,14,18,25,35H,8-13,15-16H2,1H3,(H,36,42)(H,37,43)(H,40,41). The van der Waals surface area contributed by atoms with Crippen LogP contribution in [0.15, 0.2) is 53.7 Å². The van der Waals surface area contributed by atoms with Crippen LogP contribution in [0.3, 0.4) is 0 Å². The van der Waals surface area contributed by atoms with Crippen LogP contribution in [-0.4, -0.2) is 86.8 Å². The van der Waals surface area contributed by atoms with Crippen molar-refractivity contribution in [2.45, 2.75) is 31.1 Å². The second-order valence-corrected chi connectivity index (χ2v) is 10.3. The molecule has 0 saturated carbocycles. The number of carbonyl (C=O) groups is 3. The van der Waals surface area contributed by atoms with Crippen LogP contribution in [0.5, 0.6) is 5.75 Å². The van der Waals surface area contributed by atoms with Gasteiger partial charge in [-0.25, -0.2) is 28.1 Å². The van der Waals surface area contributed by atoms with Crippen molar-refractivity contribution in [3.8, 4) is 5.75 Å². The van der Waals surface area contributed by atoms with E-state index in [4.69, 9.17) is 9.47 Å². The number of carbonyl (C=O) groups excluding carboxylic acids is 2. The summed E-state index contributed by atoms with van der Waals surface area (Å²) in [5.41, 5.74) is -0.171. The summed E-state index contributed by atoms with van der Waals surface area (Å²) >= 11 is 0. The first-order chi connectivity index (χ1) is 21.4. The monoisotopic (exact) mass is 641 g/mol. The van der Waals surface area contributed by atoms with Crippen LogP contribution in [0.1, 0.15) is 24.4 Å². The third-order valence-corrected chi connectivity index (χ3v) is 7.26. The normalized spacial score (nSPS) is 17.7.